The first-order valence-corrected chi connectivity index (χ1v) is 9.10. The van der Waals surface area contributed by atoms with Gasteiger partial charge in [-0.1, -0.05) is 0 Å². The second-order valence-corrected chi connectivity index (χ2v) is 6.73. The number of aliphatic hydroxyl groups is 3. The van der Waals surface area contributed by atoms with Crippen molar-refractivity contribution in [3.8, 4) is 0 Å². The summed E-state index contributed by atoms with van der Waals surface area (Å²) >= 11 is 0. The number of anilines is 2. The third kappa shape index (κ3) is 3.75. The molecule has 0 unspecified atom stereocenters. The van der Waals surface area contributed by atoms with Crippen LogP contribution in [0, 0.1) is 10.4 Å². The molecule has 164 valence electrons. The Morgan fingerprint density at radius 3 is 2.58 bits per heavy atom. The van der Waals surface area contributed by atoms with Crippen molar-refractivity contribution in [3.05, 3.63) is 52.8 Å². The monoisotopic (exact) mass is 431 g/mol. The quantitative estimate of drug-likeness (QED) is 0.233. The molecule has 0 aromatic carbocycles. The molecule has 14 heteroatoms. The van der Waals surface area contributed by atoms with Crippen molar-refractivity contribution in [2.45, 2.75) is 24.5 Å². The van der Waals surface area contributed by atoms with Gasteiger partial charge in [0.15, 0.2) is 23.2 Å². The first kappa shape index (κ1) is 20.5. The van der Waals surface area contributed by atoms with Crippen LogP contribution in [0.2, 0.25) is 0 Å². The number of nitrogens with zero attached hydrogens (tertiary/aromatic N) is 5. The number of nitrogens with one attached hydrogen (secondary N) is 2. The number of aliphatic hydroxyl groups excluding tert-OH is 3. The Morgan fingerprint density at radius 2 is 1.94 bits per heavy atom. The largest absolute Gasteiger partial charge is 0.612 e. The van der Waals surface area contributed by atoms with Crippen LogP contribution in [-0.4, -0.2) is 70.4 Å². The van der Waals surface area contributed by atoms with Crippen LogP contribution in [0.15, 0.2) is 42.4 Å². The molecule has 0 amide bonds. The van der Waals surface area contributed by atoms with E-state index in [1.54, 1.807) is 12.2 Å². The van der Waals surface area contributed by atoms with E-state index in [-0.39, 0.29) is 28.6 Å². The lowest BCUT2D eigenvalue weighted by molar-refractivity contribution is -0.377. The summed E-state index contributed by atoms with van der Waals surface area (Å²) in [6.07, 6.45) is 3.76. The van der Waals surface area contributed by atoms with Crippen LogP contribution < -0.4 is 16.6 Å². The smallest absolute Gasteiger partial charge is 0.226 e. The molecular formula is C17H19N8O6-. The van der Waals surface area contributed by atoms with Crippen LogP contribution in [0.1, 0.15) is 6.23 Å². The Bertz CT molecular complexity index is 1090. The standard InChI is InChI=1S/C17H19N8O6/c18-14-11-15(20-7-19-14)24(16-13(28)12(27)10(6-26)31-16)17(22-11)23-21-5-8-1-3-9(4-2-8)25(29)30/h1-5,7,10,12-13,16,21,26-28H,6H2,(H3-,18,19,20,22,23,29,30)/q-1/t10-,12+,13+,16+/m0/s1. The first-order chi connectivity index (χ1) is 14.9. The Balaban J connectivity index is 1.63. The average molecular weight is 431 g/mol. The van der Waals surface area contributed by atoms with Crippen molar-refractivity contribution in [2.24, 2.45) is 0 Å². The second kappa shape index (κ2) is 8.19. The Morgan fingerprint density at radius 1 is 1.19 bits per heavy atom. The highest BCUT2D eigenvalue weighted by Gasteiger charge is 2.45. The molecule has 4 atom stereocenters. The number of allylic oxidation sites excluding steroid dienone is 5. The number of nitrogens with two attached hydrogens (primary N) is 1. The van der Waals surface area contributed by atoms with E-state index < -0.39 is 36.0 Å². The van der Waals surface area contributed by atoms with Gasteiger partial charge in [-0.2, -0.15) is 4.90 Å². The molecule has 3 heterocycles. The molecule has 0 radical (unpaired) electrons. The minimum Gasteiger partial charge on any atom is -0.612 e. The predicted octanol–water partition coefficient (Wildman–Crippen LogP) is -1.60. The number of fused-ring (bicyclic) bond motifs is 1. The van der Waals surface area contributed by atoms with Gasteiger partial charge >= 0.3 is 0 Å². The summed E-state index contributed by atoms with van der Waals surface area (Å²) < 4.78 is 6.98. The summed E-state index contributed by atoms with van der Waals surface area (Å²) in [5, 5.41) is 51.4. The highest BCUT2D eigenvalue weighted by Crippen LogP contribution is 2.34. The summed E-state index contributed by atoms with van der Waals surface area (Å²) in [7, 11) is 0. The van der Waals surface area contributed by atoms with Crippen LogP contribution in [0.3, 0.4) is 0 Å². The maximum Gasteiger partial charge on any atom is 0.226 e. The van der Waals surface area contributed by atoms with Gasteiger partial charge in [0.1, 0.15) is 24.6 Å². The Kier molecular flexibility index (Phi) is 5.43. The molecular weight excluding hydrogens is 412 g/mol. The fourth-order valence-corrected chi connectivity index (χ4v) is 3.22. The summed E-state index contributed by atoms with van der Waals surface area (Å²) in [5.41, 5.74) is 12.6. The predicted molar refractivity (Wildman–Crippen MR) is 108 cm³/mol. The molecule has 7 N–H and O–H groups in total. The van der Waals surface area contributed by atoms with E-state index in [0.29, 0.717) is 5.57 Å². The van der Waals surface area contributed by atoms with Gasteiger partial charge in [0.05, 0.1) is 6.61 Å². The van der Waals surface area contributed by atoms with Gasteiger partial charge in [-0.3, -0.25) is 9.99 Å². The summed E-state index contributed by atoms with van der Waals surface area (Å²) in [4.78, 5) is 11.9. The molecule has 4 rings (SSSR count). The molecule has 1 fully saturated rings. The van der Waals surface area contributed by atoms with E-state index in [1.165, 1.54) is 29.2 Å². The van der Waals surface area contributed by atoms with E-state index in [0.717, 1.165) is 0 Å². The average Bonchev–Trinajstić information content (AvgIpc) is 3.26. The van der Waals surface area contributed by atoms with Crippen LogP contribution in [0.25, 0.3) is 11.2 Å². The van der Waals surface area contributed by atoms with E-state index in [1.807, 2.05) is 0 Å². The zero-order valence-corrected chi connectivity index (χ0v) is 15.9. The van der Waals surface area contributed by atoms with Crippen LogP contribution in [0.5, 0.6) is 0 Å². The van der Waals surface area contributed by atoms with Crippen molar-refractivity contribution in [1.29, 1.82) is 0 Å². The summed E-state index contributed by atoms with van der Waals surface area (Å²) in [6, 6.07) is 0. The van der Waals surface area contributed by atoms with Gasteiger partial charge in [-0.15, -0.1) is 0 Å². The van der Waals surface area contributed by atoms with Crippen LogP contribution >= 0.6 is 0 Å². The fraction of sp³-hybridized carbons (Fsp3) is 0.294. The first-order valence-electron chi connectivity index (χ1n) is 9.10. The van der Waals surface area contributed by atoms with E-state index >= 15 is 0 Å². The molecule has 1 aliphatic heterocycles. The SMILES string of the molecule is Nc1ncnc2c1nc(NNC=C1C=CC(=[N+]([O-])[O-])C=C1)n2[C@@H]1O[C@@H](CO)[C@@H](O)[C@H]1O. The van der Waals surface area contributed by atoms with Gasteiger partial charge in [-0.25, -0.2) is 15.0 Å². The Hall–Kier alpha value is -3.72. The number of aromatic nitrogens is 4. The molecule has 31 heavy (non-hydrogen) atoms. The van der Waals surface area contributed by atoms with Crippen molar-refractivity contribution >= 4 is 28.6 Å². The van der Waals surface area contributed by atoms with Gasteiger partial charge in [0, 0.05) is 18.4 Å². The van der Waals surface area contributed by atoms with E-state index in [4.69, 9.17) is 10.5 Å². The molecule has 2 aromatic rings. The van der Waals surface area contributed by atoms with Crippen LogP contribution in [0.4, 0.5) is 11.8 Å². The topological polar surface area (TPSA) is 213 Å². The minimum atomic E-state index is -1.37. The van der Waals surface area contributed by atoms with Crippen LogP contribution in [-0.2, 0) is 4.74 Å². The Labute approximate surface area is 174 Å². The molecule has 2 aromatic heterocycles. The summed E-state index contributed by atoms with van der Waals surface area (Å²) in [5.74, 6) is 0.230. The number of rotatable bonds is 5. The van der Waals surface area contributed by atoms with E-state index in [9.17, 15) is 25.7 Å². The fourth-order valence-electron chi connectivity index (χ4n) is 3.22. The molecule has 0 spiro atoms. The minimum absolute atomic E-state index is 0.0367. The number of hydrogen-bond acceptors (Lipinski definition) is 12. The van der Waals surface area contributed by atoms with Crippen molar-refractivity contribution < 1.29 is 25.0 Å². The lowest BCUT2D eigenvalue weighted by atomic mass is 10.1. The molecule has 0 bridgehead atoms. The number of nitrogen functional groups attached to an aromatic ring is 1. The molecule has 2 aliphatic rings. The van der Waals surface area contributed by atoms with Crippen molar-refractivity contribution in [3.63, 3.8) is 0 Å². The number of ether oxygens (including phenoxy) is 1. The molecule has 0 saturated carbocycles. The highest BCUT2D eigenvalue weighted by molar-refractivity contribution is 6.02. The normalized spacial score (nSPS) is 25.3. The number of hydrogen-bond donors (Lipinski definition) is 6. The van der Waals surface area contributed by atoms with E-state index in [2.05, 4.69) is 25.8 Å². The maximum absolute atomic E-state index is 10.8. The van der Waals surface area contributed by atoms with Crippen molar-refractivity contribution in [2.75, 3.05) is 17.8 Å². The number of imidazole rings is 1. The van der Waals surface area contributed by atoms with Crippen molar-refractivity contribution in [1.82, 2.24) is 24.9 Å². The van der Waals surface area contributed by atoms with Gasteiger partial charge in [-0.05, 0) is 17.7 Å². The van der Waals surface area contributed by atoms with Gasteiger partial charge < -0.3 is 41.6 Å². The third-order valence-electron chi connectivity index (χ3n) is 4.80. The lowest BCUT2D eigenvalue weighted by Gasteiger charge is -2.19. The zero-order valence-electron chi connectivity index (χ0n) is 15.9. The zero-order chi connectivity index (χ0) is 22.1. The molecule has 1 saturated heterocycles. The second-order valence-electron chi connectivity index (χ2n) is 6.73. The maximum atomic E-state index is 10.8. The highest BCUT2D eigenvalue weighted by atomic mass is 16.8. The summed E-state index contributed by atoms with van der Waals surface area (Å²) in [6.45, 7) is -0.493. The molecule has 14 nitrogen and oxygen atoms in total. The number of hydrazine groups is 1. The molecule has 1 aliphatic carbocycles. The third-order valence-corrected chi connectivity index (χ3v) is 4.80. The van der Waals surface area contributed by atoms with Gasteiger partial charge in [0.25, 0.3) is 0 Å². The lowest BCUT2D eigenvalue weighted by Crippen LogP contribution is -2.33. The van der Waals surface area contributed by atoms with Gasteiger partial charge in [0.2, 0.25) is 11.7 Å².